The van der Waals surface area contributed by atoms with Gasteiger partial charge in [-0.25, -0.2) is 4.79 Å². The van der Waals surface area contributed by atoms with Gasteiger partial charge < -0.3 is 15.2 Å². The van der Waals surface area contributed by atoms with E-state index in [9.17, 15) is 4.79 Å². The van der Waals surface area contributed by atoms with E-state index in [1.54, 1.807) is 19.2 Å². The van der Waals surface area contributed by atoms with Gasteiger partial charge >= 0.3 is 5.97 Å². The van der Waals surface area contributed by atoms with E-state index in [2.05, 4.69) is 0 Å². The Balaban J connectivity index is 2.69. The molecule has 0 aliphatic heterocycles. The largest absolute Gasteiger partial charge is 0.460 e. The van der Waals surface area contributed by atoms with Crippen molar-refractivity contribution in [3.8, 4) is 0 Å². The highest BCUT2D eigenvalue weighted by Crippen LogP contribution is 2.17. The monoisotopic (exact) mass is 209 g/mol. The average Bonchev–Trinajstić information content (AvgIpc) is 2.22. The Kier molecular flexibility index (Phi) is 4.12. The fraction of sp³-hybridized carbons (Fsp3) is 0.364. The third-order valence-corrected chi connectivity index (χ3v) is 2.06. The molecule has 2 N–H and O–H groups in total. The van der Waals surface area contributed by atoms with Gasteiger partial charge in [-0.05, 0) is 18.6 Å². The molecule has 1 aromatic carbocycles. The average molecular weight is 209 g/mol. The van der Waals surface area contributed by atoms with Gasteiger partial charge in [0, 0.05) is 12.8 Å². The number of hydrogen-bond donors (Lipinski definition) is 1. The lowest BCUT2D eigenvalue weighted by Crippen LogP contribution is -2.12. The molecule has 0 bridgehead atoms. The molecule has 4 heteroatoms. The summed E-state index contributed by atoms with van der Waals surface area (Å²) in [7, 11) is 1.55. The molecule has 0 saturated carbocycles. The van der Waals surface area contributed by atoms with E-state index in [0.29, 0.717) is 17.9 Å². The van der Waals surface area contributed by atoms with Crippen LogP contribution in [0.2, 0.25) is 0 Å². The molecule has 0 spiro atoms. The predicted octanol–water partition coefficient (Wildman–Crippen LogP) is 1.38. The number of methoxy groups -OCH3 is 1. The van der Waals surface area contributed by atoms with E-state index >= 15 is 0 Å². The number of ether oxygens (including phenoxy) is 2. The number of anilines is 1. The summed E-state index contributed by atoms with van der Waals surface area (Å²) >= 11 is 0. The Labute approximate surface area is 89.0 Å². The Hall–Kier alpha value is -1.55. The summed E-state index contributed by atoms with van der Waals surface area (Å²) in [6.45, 7) is 2.47. The summed E-state index contributed by atoms with van der Waals surface area (Å²) in [6.07, 6.45) is 0. The SMILES string of the molecule is COCCOC(=O)c1cccc(C)c1N. The summed E-state index contributed by atoms with van der Waals surface area (Å²) in [5, 5.41) is 0. The van der Waals surface area contributed by atoms with E-state index in [4.69, 9.17) is 15.2 Å². The van der Waals surface area contributed by atoms with Crippen LogP contribution in [0.5, 0.6) is 0 Å². The number of esters is 1. The zero-order valence-corrected chi connectivity index (χ0v) is 8.95. The molecule has 0 saturated heterocycles. The summed E-state index contributed by atoms with van der Waals surface area (Å²) in [5.41, 5.74) is 7.51. The summed E-state index contributed by atoms with van der Waals surface area (Å²) < 4.78 is 9.73. The van der Waals surface area contributed by atoms with Gasteiger partial charge in [0.15, 0.2) is 0 Å². The molecule has 1 rings (SSSR count). The maximum atomic E-state index is 11.5. The van der Waals surface area contributed by atoms with Crippen LogP contribution in [0.1, 0.15) is 15.9 Å². The molecule has 0 fully saturated rings. The summed E-state index contributed by atoms with van der Waals surface area (Å²) in [4.78, 5) is 11.5. The Morgan fingerprint density at radius 1 is 1.40 bits per heavy atom. The van der Waals surface area contributed by atoms with Crippen molar-refractivity contribution in [1.82, 2.24) is 0 Å². The van der Waals surface area contributed by atoms with Gasteiger partial charge in [0.05, 0.1) is 12.2 Å². The van der Waals surface area contributed by atoms with Crippen molar-refractivity contribution >= 4 is 11.7 Å². The first-order chi connectivity index (χ1) is 7.16. The molecule has 0 unspecified atom stereocenters. The number of nitrogens with two attached hydrogens (primary N) is 1. The maximum absolute atomic E-state index is 11.5. The van der Waals surface area contributed by atoms with Crippen LogP contribution in [-0.4, -0.2) is 26.3 Å². The van der Waals surface area contributed by atoms with Crippen LogP contribution < -0.4 is 5.73 Å². The second kappa shape index (κ2) is 5.36. The minimum atomic E-state index is -0.409. The van der Waals surface area contributed by atoms with Crippen LogP contribution in [-0.2, 0) is 9.47 Å². The smallest absolute Gasteiger partial charge is 0.340 e. The highest BCUT2D eigenvalue weighted by atomic mass is 16.6. The molecular formula is C11H15NO3. The van der Waals surface area contributed by atoms with Crippen LogP contribution in [0.25, 0.3) is 0 Å². The Bertz CT molecular complexity index is 350. The molecule has 0 radical (unpaired) electrons. The molecule has 82 valence electrons. The third-order valence-electron chi connectivity index (χ3n) is 2.06. The van der Waals surface area contributed by atoms with Gasteiger partial charge in [0.25, 0.3) is 0 Å². The lowest BCUT2D eigenvalue weighted by molar-refractivity contribution is 0.0389. The van der Waals surface area contributed by atoms with E-state index in [-0.39, 0.29) is 6.61 Å². The van der Waals surface area contributed by atoms with E-state index < -0.39 is 5.97 Å². The summed E-state index contributed by atoms with van der Waals surface area (Å²) in [6, 6.07) is 5.28. The van der Waals surface area contributed by atoms with Gasteiger partial charge in [0.2, 0.25) is 0 Å². The van der Waals surface area contributed by atoms with Crippen LogP contribution in [0.15, 0.2) is 18.2 Å². The third kappa shape index (κ3) is 2.95. The zero-order valence-electron chi connectivity index (χ0n) is 8.95. The molecule has 0 aliphatic carbocycles. The maximum Gasteiger partial charge on any atom is 0.340 e. The molecule has 0 heterocycles. The van der Waals surface area contributed by atoms with Crippen LogP contribution >= 0.6 is 0 Å². The molecule has 0 atom stereocenters. The topological polar surface area (TPSA) is 61.5 Å². The molecule has 0 aromatic heterocycles. The normalized spacial score (nSPS) is 10.0. The minimum Gasteiger partial charge on any atom is -0.460 e. The van der Waals surface area contributed by atoms with Crippen molar-refractivity contribution in [2.75, 3.05) is 26.1 Å². The highest BCUT2D eigenvalue weighted by Gasteiger charge is 2.11. The fourth-order valence-electron chi connectivity index (χ4n) is 1.15. The lowest BCUT2D eigenvalue weighted by atomic mass is 10.1. The fourth-order valence-corrected chi connectivity index (χ4v) is 1.15. The second-order valence-corrected chi connectivity index (χ2v) is 3.16. The van der Waals surface area contributed by atoms with E-state index in [0.717, 1.165) is 5.56 Å². The number of nitrogen functional groups attached to an aromatic ring is 1. The van der Waals surface area contributed by atoms with Crippen LogP contribution in [0, 0.1) is 6.92 Å². The number of aryl methyl sites for hydroxylation is 1. The van der Waals surface area contributed by atoms with Crippen molar-refractivity contribution < 1.29 is 14.3 Å². The van der Waals surface area contributed by atoms with Crippen LogP contribution in [0.3, 0.4) is 0 Å². The van der Waals surface area contributed by atoms with Crippen molar-refractivity contribution in [3.05, 3.63) is 29.3 Å². The molecule has 0 aliphatic rings. The Morgan fingerprint density at radius 2 is 2.13 bits per heavy atom. The first-order valence-corrected chi connectivity index (χ1v) is 4.68. The van der Waals surface area contributed by atoms with Crippen molar-refractivity contribution in [2.24, 2.45) is 0 Å². The van der Waals surface area contributed by atoms with Crippen molar-refractivity contribution in [2.45, 2.75) is 6.92 Å². The van der Waals surface area contributed by atoms with Gasteiger partial charge in [-0.2, -0.15) is 0 Å². The van der Waals surface area contributed by atoms with Gasteiger partial charge in [-0.3, -0.25) is 0 Å². The van der Waals surface area contributed by atoms with Gasteiger partial charge in [-0.15, -0.1) is 0 Å². The lowest BCUT2D eigenvalue weighted by Gasteiger charge is -2.08. The minimum absolute atomic E-state index is 0.239. The Morgan fingerprint density at radius 3 is 2.80 bits per heavy atom. The van der Waals surface area contributed by atoms with Crippen molar-refractivity contribution in [1.29, 1.82) is 0 Å². The summed E-state index contributed by atoms with van der Waals surface area (Å²) in [5.74, 6) is -0.409. The van der Waals surface area contributed by atoms with Crippen molar-refractivity contribution in [3.63, 3.8) is 0 Å². The second-order valence-electron chi connectivity index (χ2n) is 3.16. The number of rotatable bonds is 4. The first-order valence-electron chi connectivity index (χ1n) is 4.68. The number of hydrogen-bond acceptors (Lipinski definition) is 4. The quantitative estimate of drug-likeness (QED) is 0.462. The number of carbonyl (C=O) groups is 1. The number of carbonyl (C=O) groups excluding carboxylic acids is 1. The molecule has 4 nitrogen and oxygen atoms in total. The molecular weight excluding hydrogens is 194 g/mol. The zero-order chi connectivity index (χ0) is 11.3. The molecule has 15 heavy (non-hydrogen) atoms. The highest BCUT2D eigenvalue weighted by molar-refractivity contribution is 5.95. The molecule has 0 amide bonds. The van der Waals surface area contributed by atoms with Gasteiger partial charge in [0.1, 0.15) is 6.61 Å². The first kappa shape index (κ1) is 11.5. The number of benzene rings is 1. The van der Waals surface area contributed by atoms with E-state index in [1.807, 2.05) is 13.0 Å². The van der Waals surface area contributed by atoms with Gasteiger partial charge in [-0.1, -0.05) is 12.1 Å². The standard InChI is InChI=1S/C11H15NO3/c1-8-4-3-5-9(10(8)12)11(13)15-7-6-14-2/h3-5H,6-7,12H2,1-2H3. The van der Waals surface area contributed by atoms with E-state index in [1.165, 1.54) is 0 Å². The van der Waals surface area contributed by atoms with Crippen LogP contribution in [0.4, 0.5) is 5.69 Å². The molecule has 1 aromatic rings. The number of para-hydroxylation sites is 1. The predicted molar refractivity (Wildman–Crippen MR) is 57.7 cm³/mol.